The molecule has 0 aliphatic carbocycles. The summed E-state index contributed by atoms with van der Waals surface area (Å²) in [4.78, 5) is 21.5. The van der Waals surface area contributed by atoms with Crippen molar-refractivity contribution in [3.63, 3.8) is 0 Å². The van der Waals surface area contributed by atoms with E-state index in [2.05, 4.69) is 45.3 Å². The molecule has 1 aromatic carbocycles. The summed E-state index contributed by atoms with van der Waals surface area (Å²) in [5, 5.41) is 5.26. The third kappa shape index (κ3) is 3.43. The Balaban J connectivity index is 1.45. The van der Waals surface area contributed by atoms with Gasteiger partial charge >= 0.3 is 0 Å². The van der Waals surface area contributed by atoms with Gasteiger partial charge in [-0.2, -0.15) is 9.61 Å². The Morgan fingerprint density at radius 2 is 1.96 bits per heavy atom. The Bertz CT molecular complexity index is 912. The first kappa shape index (κ1) is 16.2. The van der Waals surface area contributed by atoms with Crippen LogP contribution in [0.15, 0.2) is 41.2 Å². The number of rotatable bonds is 4. The van der Waals surface area contributed by atoms with E-state index in [0.29, 0.717) is 4.96 Å². The van der Waals surface area contributed by atoms with Gasteiger partial charge in [0.05, 0.1) is 26.2 Å². The molecule has 0 amide bonds. The molecule has 1 saturated heterocycles. The average Bonchev–Trinajstić information content (AvgIpc) is 3.07. The number of hydrogen-bond acceptors (Lipinski definition) is 5. The number of aryl methyl sites for hydroxylation is 1. The van der Waals surface area contributed by atoms with Crippen LogP contribution in [0.25, 0.3) is 4.96 Å². The molecule has 1 aliphatic heterocycles. The molecule has 3 heterocycles. The van der Waals surface area contributed by atoms with Crippen molar-refractivity contribution in [2.24, 2.45) is 0 Å². The van der Waals surface area contributed by atoms with E-state index < -0.39 is 0 Å². The van der Waals surface area contributed by atoms with Crippen LogP contribution in [0.1, 0.15) is 17.6 Å². The number of nitrogens with one attached hydrogen (secondary N) is 1. The maximum absolute atomic E-state index is 12.3. The summed E-state index contributed by atoms with van der Waals surface area (Å²) in [7, 11) is 0. The highest BCUT2D eigenvalue weighted by molar-refractivity contribution is 7.16. The van der Waals surface area contributed by atoms with Crippen molar-refractivity contribution in [1.82, 2.24) is 14.6 Å². The molecule has 0 radical (unpaired) electrons. The van der Waals surface area contributed by atoms with Crippen molar-refractivity contribution in [2.45, 2.75) is 19.9 Å². The first-order chi connectivity index (χ1) is 12.2. The van der Waals surface area contributed by atoms with Crippen molar-refractivity contribution >= 4 is 22.0 Å². The number of aromatic nitrogens is 3. The lowest BCUT2D eigenvalue weighted by molar-refractivity contribution is -0.914. The van der Waals surface area contributed by atoms with Gasteiger partial charge in [-0.1, -0.05) is 36.5 Å². The van der Waals surface area contributed by atoms with E-state index in [1.165, 1.54) is 26.4 Å². The Morgan fingerprint density at radius 1 is 1.20 bits per heavy atom. The molecule has 1 N–H and O–H groups in total. The fourth-order valence-electron chi connectivity index (χ4n) is 3.28. The lowest BCUT2D eigenvalue weighted by Gasteiger charge is -2.33. The number of para-hydroxylation sites is 1. The second-order valence-electron chi connectivity index (χ2n) is 6.38. The largest absolute Gasteiger partial charge is 0.360 e. The number of quaternary nitrogens is 1. The first-order valence-corrected chi connectivity index (χ1v) is 9.57. The number of fused-ring (bicyclic) bond motifs is 1. The summed E-state index contributed by atoms with van der Waals surface area (Å²) < 4.78 is 1.43. The van der Waals surface area contributed by atoms with E-state index in [1.54, 1.807) is 6.07 Å². The standard InChI is InChI=1S/C18H21N5OS/c1-2-16-20-23-17(24)12-14(19-18(23)25-16)13-21-8-10-22(11-9-21)15-6-4-3-5-7-15/h3-7,12H,2,8-11,13H2,1H3/p+1. The Labute approximate surface area is 150 Å². The maximum atomic E-state index is 12.3. The zero-order valence-electron chi connectivity index (χ0n) is 14.3. The predicted molar refractivity (Wildman–Crippen MR) is 99.6 cm³/mol. The summed E-state index contributed by atoms with van der Waals surface area (Å²) in [6, 6.07) is 12.2. The van der Waals surface area contributed by atoms with Gasteiger partial charge in [-0.05, 0) is 18.6 Å². The summed E-state index contributed by atoms with van der Waals surface area (Å²) in [5.41, 5.74) is 2.09. The van der Waals surface area contributed by atoms with Crippen LogP contribution in [0.2, 0.25) is 0 Å². The summed E-state index contributed by atoms with van der Waals surface area (Å²) >= 11 is 1.51. The van der Waals surface area contributed by atoms with Crippen molar-refractivity contribution in [1.29, 1.82) is 0 Å². The van der Waals surface area contributed by atoms with Crippen molar-refractivity contribution in [3.05, 3.63) is 57.5 Å². The maximum Gasteiger partial charge on any atom is 0.275 e. The normalized spacial score (nSPS) is 15.8. The molecular weight excluding hydrogens is 334 g/mol. The highest BCUT2D eigenvalue weighted by Crippen LogP contribution is 2.13. The highest BCUT2D eigenvalue weighted by Gasteiger charge is 2.21. The average molecular weight is 356 g/mol. The van der Waals surface area contributed by atoms with Gasteiger partial charge in [0.25, 0.3) is 5.56 Å². The molecule has 0 bridgehead atoms. The summed E-state index contributed by atoms with van der Waals surface area (Å²) in [6.45, 7) is 7.01. The molecule has 2 aromatic heterocycles. The van der Waals surface area contributed by atoms with Crippen LogP contribution < -0.4 is 15.4 Å². The quantitative estimate of drug-likeness (QED) is 0.745. The van der Waals surface area contributed by atoms with Gasteiger partial charge in [0.1, 0.15) is 17.2 Å². The molecular formula is C18H22N5OS+. The van der Waals surface area contributed by atoms with Crippen LogP contribution in [0, 0.1) is 0 Å². The molecule has 25 heavy (non-hydrogen) atoms. The van der Waals surface area contributed by atoms with Gasteiger partial charge in [0.2, 0.25) is 4.96 Å². The van der Waals surface area contributed by atoms with E-state index in [-0.39, 0.29) is 5.56 Å². The minimum Gasteiger partial charge on any atom is -0.360 e. The van der Waals surface area contributed by atoms with E-state index in [0.717, 1.165) is 49.8 Å². The lowest BCUT2D eigenvalue weighted by atomic mass is 10.2. The highest BCUT2D eigenvalue weighted by atomic mass is 32.1. The van der Waals surface area contributed by atoms with E-state index in [9.17, 15) is 4.79 Å². The fraction of sp³-hybridized carbons (Fsp3) is 0.389. The minimum absolute atomic E-state index is 0.0710. The van der Waals surface area contributed by atoms with Gasteiger partial charge in [0, 0.05) is 11.8 Å². The summed E-state index contributed by atoms with van der Waals surface area (Å²) in [6.07, 6.45) is 0.829. The Hall–Kier alpha value is -2.25. The molecule has 0 atom stereocenters. The molecule has 0 spiro atoms. The molecule has 1 aliphatic rings. The summed E-state index contributed by atoms with van der Waals surface area (Å²) in [5.74, 6) is 0. The van der Waals surface area contributed by atoms with Gasteiger partial charge in [-0.15, -0.1) is 0 Å². The van der Waals surface area contributed by atoms with Gasteiger partial charge in [-0.25, -0.2) is 4.98 Å². The third-order valence-corrected chi connectivity index (χ3v) is 5.72. The molecule has 7 heteroatoms. The number of benzene rings is 1. The van der Waals surface area contributed by atoms with E-state index >= 15 is 0 Å². The molecule has 0 saturated carbocycles. The zero-order chi connectivity index (χ0) is 17.2. The molecule has 0 unspecified atom stereocenters. The molecule has 1 fully saturated rings. The second-order valence-corrected chi connectivity index (χ2v) is 7.42. The second kappa shape index (κ2) is 6.93. The van der Waals surface area contributed by atoms with Gasteiger partial charge in [-0.3, -0.25) is 4.79 Å². The van der Waals surface area contributed by atoms with Crippen LogP contribution in [0.5, 0.6) is 0 Å². The number of nitrogens with zero attached hydrogens (tertiary/aromatic N) is 4. The van der Waals surface area contributed by atoms with Crippen LogP contribution in [-0.2, 0) is 13.0 Å². The number of piperazine rings is 1. The first-order valence-electron chi connectivity index (χ1n) is 8.75. The molecule has 3 aromatic rings. The molecule has 6 nitrogen and oxygen atoms in total. The molecule has 4 rings (SSSR count). The SMILES string of the molecule is CCc1nn2c(=O)cc(C[NH+]3CCN(c4ccccc4)CC3)nc2s1. The van der Waals surface area contributed by atoms with E-state index in [4.69, 9.17) is 0 Å². The van der Waals surface area contributed by atoms with Gasteiger partial charge < -0.3 is 9.80 Å². The predicted octanol–water partition coefficient (Wildman–Crippen LogP) is 0.619. The van der Waals surface area contributed by atoms with Crippen molar-refractivity contribution in [2.75, 3.05) is 31.1 Å². The smallest absolute Gasteiger partial charge is 0.275 e. The number of anilines is 1. The number of hydrogen-bond donors (Lipinski definition) is 1. The van der Waals surface area contributed by atoms with Crippen LogP contribution in [0.4, 0.5) is 5.69 Å². The Kier molecular flexibility index (Phi) is 4.50. The Morgan fingerprint density at radius 3 is 2.68 bits per heavy atom. The van der Waals surface area contributed by atoms with Gasteiger partial charge in [0.15, 0.2) is 0 Å². The van der Waals surface area contributed by atoms with Crippen molar-refractivity contribution < 1.29 is 4.90 Å². The zero-order valence-corrected chi connectivity index (χ0v) is 15.1. The third-order valence-electron chi connectivity index (χ3n) is 4.67. The van der Waals surface area contributed by atoms with Crippen LogP contribution >= 0.6 is 11.3 Å². The van der Waals surface area contributed by atoms with Crippen LogP contribution in [0.3, 0.4) is 0 Å². The minimum atomic E-state index is -0.0710. The monoisotopic (exact) mass is 356 g/mol. The topological polar surface area (TPSA) is 54.9 Å². The van der Waals surface area contributed by atoms with Crippen LogP contribution in [-0.4, -0.2) is 40.8 Å². The fourth-order valence-corrected chi connectivity index (χ4v) is 4.14. The lowest BCUT2D eigenvalue weighted by Crippen LogP contribution is -3.13. The van der Waals surface area contributed by atoms with Crippen molar-refractivity contribution in [3.8, 4) is 0 Å². The van der Waals surface area contributed by atoms with E-state index in [1.807, 2.05) is 6.92 Å². The molecule has 130 valence electrons.